The first-order valence-electron chi connectivity index (χ1n) is 8.13. The van der Waals surface area contributed by atoms with E-state index in [1.54, 1.807) is 32.7 Å². The van der Waals surface area contributed by atoms with Crippen LogP contribution >= 0.6 is 34.8 Å². The van der Waals surface area contributed by atoms with E-state index in [0.29, 0.717) is 46.5 Å². The molecule has 0 bridgehead atoms. The Bertz CT molecular complexity index is 930. The summed E-state index contributed by atoms with van der Waals surface area (Å²) in [7, 11) is 3.20. The molecule has 1 aromatic carbocycles. The summed E-state index contributed by atoms with van der Waals surface area (Å²) >= 11 is 18.1. The van der Waals surface area contributed by atoms with Crippen LogP contribution in [0.25, 0.3) is 11.2 Å². The van der Waals surface area contributed by atoms with Crippen molar-refractivity contribution in [3.8, 4) is 0 Å². The Morgan fingerprint density at radius 3 is 2.59 bits per heavy atom. The van der Waals surface area contributed by atoms with E-state index in [0.717, 1.165) is 5.56 Å². The van der Waals surface area contributed by atoms with Crippen LogP contribution in [0.15, 0.2) is 24.5 Å². The number of ether oxygens (including phenoxy) is 2. The zero-order valence-electron chi connectivity index (χ0n) is 14.7. The van der Waals surface area contributed by atoms with E-state index in [9.17, 15) is 0 Å². The molecular formula is C17H18Cl3N5O2. The molecule has 144 valence electrons. The Hall–Kier alpha value is -1.64. The average Bonchev–Trinajstić information content (AvgIpc) is 3.06. The molecule has 10 heteroatoms. The number of imidazole rings is 1. The summed E-state index contributed by atoms with van der Waals surface area (Å²) in [6.07, 6.45) is 2.04. The van der Waals surface area contributed by atoms with Crippen molar-refractivity contribution in [2.75, 3.05) is 19.5 Å². The van der Waals surface area contributed by atoms with Crippen molar-refractivity contribution >= 4 is 51.8 Å². The number of nitrogens with one attached hydrogen (secondary N) is 1. The monoisotopic (exact) mass is 429 g/mol. The second-order valence-electron chi connectivity index (χ2n) is 5.74. The lowest BCUT2D eigenvalue weighted by Crippen LogP contribution is -2.15. The van der Waals surface area contributed by atoms with Crippen LogP contribution in [-0.2, 0) is 22.6 Å². The number of hydrogen-bond acceptors (Lipinski definition) is 6. The Morgan fingerprint density at radius 1 is 1.11 bits per heavy atom. The number of aryl methyl sites for hydroxylation is 1. The largest absolute Gasteiger partial charge is 0.364 e. The molecule has 3 aromatic rings. The third-order valence-corrected chi connectivity index (χ3v) is 4.92. The maximum Gasteiger partial charge on any atom is 0.226 e. The standard InChI is InChI=1S/C17H18Cl3N5O2/c1-26-13(27-2)5-6-25-9-22-14-15(23-17(20)24-16(14)25)21-8-10-3-4-11(18)12(19)7-10/h3-4,7,9,13H,5-6,8H2,1-2H3,(H,21,23,24). The summed E-state index contributed by atoms with van der Waals surface area (Å²) in [6, 6.07) is 5.43. The predicted molar refractivity (Wildman–Crippen MR) is 107 cm³/mol. The van der Waals surface area contributed by atoms with E-state index in [2.05, 4.69) is 20.3 Å². The Morgan fingerprint density at radius 2 is 1.89 bits per heavy atom. The zero-order chi connectivity index (χ0) is 19.4. The maximum absolute atomic E-state index is 6.11. The van der Waals surface area contributed by atoms with Crippen LogP contribution in [0.1, 0.15) is 12.0 Å². The second-order valence-corrected chi connectivity index (χ2v) is 6.90. The zero-order valence-corrected chi connectivity index (χ0v) is 17.0. The van der Waals surface area contributed by atoms with E-state index in [1.165, 1.54) is 0 Å². The molecule has 0 aliphatic carbocycles. The normalized spacial score (nSPS) is 11.5. The highest BCUT2D eigenvalue weighted by molar-refractivity contribution is 6.42. The van der Waals surface area contributed by atoms with Gasteiger partial charge in [0.25, 0.3) is 0 Å². The van der Waals surface area contributed by atoms with Crippen molar-refractivity contribution in [3.05, 3.63) is 45.4 Å². The summed E-state index contributed by atoms with van der Waals surface area (Å²) in [5, 5.41) is 4.37. The van der Waals surface area contributed by atoms with Gasteiger partial charge in [-0.1, -0.05) is 29.3 Å². The fourth-order valence-corrected chi connectivity index (χ4v) is 3.10. The summed E-state index contributed by atoms with van der Waals surface area (Å²) < 4.78 is 12.3. The lowest BCUT2D eigenvalue weighted by molar-refractivity contribution is -0.107. The number of hydrogen-bond donors (Lipinski definition) is 1. The number of methoxy groups -OCH3 is 2. The van der Waals surface area contributed by atoms with Gasteiger partial charge in [-0.15, -0.1) is 0 Å². The van der Waals surface area contributed by atoms with Crippen LogP contribution in [0, 0.1) is 0 Å². The number of fused-ring (bicyclic) bond motifs is 1. The number of benzene rings is 1. The molecule has 0 aliphatic heterocycles. The highest BCUT2D eigenvalue weighted by atomic mass is 35.5. The van der Waals surface area contributed by atoms with Crippen LogP contribution in [0.2, 0.25) is 15.3 Å². The molecule has 0 fully saturated rings. The molecule has 7 nitrogen and oxygen atoms in total. The van der Waals surface area contributed by atoms with Gasteiger partial charge in [0.1, 0.15) is 0 Å². The summed E-state index contributed by atoms with van der Waals surface area (Å²) in [5.74, 6) is 0.546. The molecule has 0 aliphatic rings. The maximum atomic E-state index is 6.11. The predicted octanol–water partition coefficient (Wildman–Crippen LogP) is 4.41. The molecule has 3 rings (SSSR count). The molecule has 27 heavy (non-hydrogen) atoms. The Kier molecular flexibility index (Phi) is 6.73. The average molecular weight is 431 g/mol. The highest BCUT2D eigenvalue weighted by Gasteiger charge is 2.14. The fourth-order valence-electron chi connectivity index (χ4n) is 2.62. The number of halogens is 3. The van der Waals surface area contributed by atoms with Gasteiger partial charge in [-0.05, 0) is 29.3 Å². The van der Waals surface area contributed by atoms with Crippen LogP contribution in [-0.4, -0.2) is 40.0 Å². The lowest BCUT2D eigenvalue weighted by Gasteiger charge is -2.13. The van der Waals surface area contributed by atoms with Gasteiger partial charge in [0.05, 0.1) is 16.4 Å². The van der Waals surface area contributed by atoms with Crippen LogP contribution in [0.5, 0.6) is 0 Å². The lowest BCUT2D eigenvalue weighted by atomic mass is 10.2. The van der Waals surface area contributed by atoms with Crippen molar-refractivity contribution in [2.45, 2.75) is 25.8 Å². The molecule has 0 spiro atoms. The van der Waals surface area contributed by atoms with E-state index in [4.69, 9.17) is 44.3 Å². The van der Waals surface area contributed by atoms with E-state index >= 15 is 0 Å². The summed E-state index contributed by atoms with van der Waals surface area (Å²) in [6.45, 7) is 1.10. The van der Waals surface area contributed by atoms with Crippen LogP contribution < -0.4 is 5.32 Å². The first-order valence-corrected chi connectivity index (χ1v) is 9.27. The van der Waals surface area contributed by atoms with Gasteiger partial charge < -0.3 is 19.4 Å². The van der Waals surface area contributed by atoms with Gasteiger partial charge in [-0.25, -0.2) is 4.98 Å². The van der Waals surface area contributed by atoms with Crippen molar-refractivity contribution in [1.82, 2.24) is 19.5 Å². The molecule has 0 unspecified atom stereocenters. The van der Waals surface area contributed by atoms with E-state index < -0.39 is 0 Å². The molecular weight excluding hydrogens is 413 g/mol. The third-order valence-electron chi connectivity index (χ3n) is 4.01. The quantitative estimate of drug-likeness (QED) is 0.421. The molecule has 0 saturated heterocycles. The minimum Gasteiger partial charge on any atom is -0.364 e. The van der Waals surface area contributed by atoms with E-state index in [1.807, 2.05) is 10.6 Å². The molecule has 2 aromatic heterocycles. The smallest absolute Gasteiger partial charge is 0.226 e. The molecule has 0 amide bonds. The fraction of sp³-hybridized carbons (Fsp3) is 0.353. The Balaban J connectivity index is 1.80. The summed E-state index contributed by atoms with van der Waals surface area (Å²) in [5.41, 5.74) is 2.22. The topological polar surface area (TPSA) is 74.1 Å². The minimum atomic E-state index is -0.299. The number of rotatable bonds is 8. The molecule has 0 radical (unpaired) electrons. The van der Waals surface area contributed by atoms with Gasteiger partial charge in [-0.3, -0.25) is 0 Å². The number of anilines is 1. The molecule has 0 atom stereocenters. The third kappa shape index (κ3) is 4.80. The van der Waals surface area contributed by atoms with Crippen molar-refractivity contribution in [2.24, 2.45) is 0 Å². The number of nitrogens with zero attached hydrogens (tertiary/aromatic N) is 4. The van der Waals surface area contributed by atoms with Gasteiger partial charge >= 0.3 is 0 Å². The van der Waals surface area contributed by atoms with Crippen LogP contribution in [0.4, 0.5) is 5.82 Å². The first-order chi connectivity index (χ1) is 13.0. The van der Waals surface area contributed by atoms with Crippen LogP contribution in [0.3, 0.4) is 0 Å². The molecule has 2 heterocycles. The number of aromatic nitrogens is 4. The second kappa shape index (κ2) is 9.03. The van der Waals surface area contributed by atoms with Gasteiger partial charge in [0, 0.05) is 33.7 Å². The Labute approximate surface area is 171 Å². The van der Waals surface area contributed by atoms with E-state index in [-0.39, 0.29) is 11.6 Å². The SMILES string of the molecule is COC(CCn1cnc2c(NCc3ccc(Cl)c(Cl)c3)nc(Cl)nc21)OC. The highest BCUT2D eigenvalue weighted by Crippen LogP contribution is 2.25. The molecule has 0 saturated carbocycles. The van der Waals surface area contributed by atoms with Crippen molar-refractivity contribution in [3.63, 3.8) is 0 Å². The van der Waals surface area contributed by atoms with Gasteiger partial charge in [0.2, 0.25) is 5.28 Å². The van der Waals surface area contributed by atoms with Gasteiger partial charge in [0.15, 0.2) is 23.3 Å². The minimum absolute atomic E-state index is 0.135. The summed E-state index contributed by atoms with van der Waals surface area (Å²) in [4.78, 5) is 13.0. The first kappa shape index (κ1) is 20.1. The van der Waals surface area contributed by atoms with Crippen molar-refractivity contribution in [1.29, 1.82) is 0 Å². The van der Waals surface area contributed by atoms with Crippen molar-refractivity contribution < 1.29 is 9.47 Å². The molecule has 1 N–H and O–H groups in total. The van der Waals surface area contributed by atoms with Gasteiger partial charge in [-0.2, -0.15) is 9.97 Å².